The van der Waals surface area contributed by atoms with E-state index >= 15 is 0 Å². The van der Waals surface area contributed by atoms with Crippen LogP contribution in [0.25, 0.3) is 0 Å². The fraction of sp³-hybridized carbons (Fsp3) is 0.556. The molecule has 0 spiro atoms. The Hall–Kier alpha value is -0.935. The Kier molecular flexibility index (Phi) is 2.79. The molecule has 1 aromatic rings. The maximum Gasteiger partial charge on any atom is 0.491 e. The predicted molar refractivity (Wildman–Crippen MR) is 53.1 cm³/mol. The van der Waals surface area contributed by atoms with Crippen LogP contribution in [0.1, 0.15) is 37.4 Å². The largest absolute Gasteiger partial charge is 0.491 e. The second-order valence-corrected chi connectivity index (χ2v) is 3.73. The number of hydrogen-bond donors (Lipinski definition) is 2. The highest BCUT2D eigenvalue weighted by molar-refractivity contribution is 6.58. The molecule has 0 atom stereocenters. The highest BCUT2D eigenvalue weighted by Crippen LogP contribution is 2.31. The summed E-state index contributed by atoms with van der Waals surface area (Å²) in [5.41, 5.74) is 0.353. The molecule has 74 valence electrons. The molecule has 0 saturated heterocycles. The van der Waals surface area contributed by atoms with Gasteiger partial charge in [0.2, 0.25) is 0 Å². The SMILES string of the molecule is OB(O)c1cnc(C2CCCC2)nc1. The lowest BCUT2D eigenvalue weighted by atomic mass is 9.83. The molecule has 4 nitrogen and oxygen atoms in total. The van der Waals surface area contributed by atoms with Gasteiger partial charge in [-0.15, -0.1) is 0 Å². The molecule has 0 aromatic carbocycles. The normalized spacial score (nSPS) is 17.3. The van der Waals surface area contributed by atoms with Crippen LogP contribution in [0.2, 0.25) is 0 Å². The average molecular weight is 192 g/mol. The highest BCUT2D eigenvalue weighted by atomic mass is 16.4. The average Bonchev–Trinajstić information content (AvgIpc) is 2.71. The molecular weight excluding hydrogens is 179 g/mol. The van der Waals surface area contributed by atoms with Gasteiger partial charge >= 0.3 is 7.12 Å². The highest BCUT2D eigenvalue weighted by Gasteiger charge is 2.20. The van der Waals surface area contributed by atoms with Crippen LogP contribution >= 0.6 is 0 Å². The standard InChI is InChI=1S/C9H13BN2O2/c13-10(14)8-5-11-9(12-6-8)7-3-1-2-4-7/h5-7,13-14H,1-4H2. The van der Waals surface area contributed by atoms with Crippen LogP contribution in [0, 0.1) is 0 Å². The topological polar surface area (TPSA) is 66.2 Å². The van der Waals surface area contributed by atoms with Crippen molar-refractivity contribution in [2.75, 3.05) is 0 Å². The van der Waals surface area contributed by atoms with Gasteiger partial charge < -0.3 is 10.0 Å². The minimum absolute atomic E-state index is 0.353. The summed E-state index contributed by atoms with van der Waals surface area (Å²) in [4.78, 5) is 8.30. The van der Waals surface area contributed by atoms with E-state index in [2.05, 4.69) is 9.97 Å². The van der Waals surface area contributed by atoms with Crippen LogP contribution in [0.15, 0.2) is 12.4 Å². The van der Waals surface area contributed by atoms with Gasteiger partial charge in [0, 0.05) is 23.8 Å². The summed E-state index contributed by atoms with van der Waals surface area (Å²) in [6.45, 7) is 0. The Bertz CT molecular complexity index is 296. The maximum atomic E-state index is 8.86. The molecular formula is C9H13BN2O2. The molecule has 0 radical (unpaired) electrons. The van der Waals surface area contributed by atoms with Gasteiger partial charge in [-0.1, -0.05) is 12.8 Å². The first kappa shape index (κ1) is 9.61. The third-order valence-corrected chi connectivity index (χ3v) is 2.71. The molecule has 2 rings (SSSR count). The molecule has 1 saturated carbocycles. The zero-order valence-electron chi connectivity index (χ0n) is 7.93. The van der Waals surface area contributed by atoms with Crippen molar-refractivity contribution in [2.45, 2.75) is 31.6 Å². The van der Waals surface area contributed by atoms with E-state index in [0.717, 1.165) is 18.7 Å². The van der Waals surface area contributed by atoms with Crippen LogP contribution in [0.3, 0.4) is 0 Å². The molecule has 0 bridgehead atoms. The lowest BCUT2D eigenvalue weighted by molar-refractivity contribution is 0.425. The lowest BCUT2D eigenvalue weighted by Crippen LogP contribution is -2.31. The van der Waals surface area contributed by atoms with Gasteiger partial charge in [0.05, 0.1) is 0 Å². The van der Waals surface area contributed by atoms with E-state index in [0.29, 0.717) is 11.4 Å². The third kappa shape index (κ3) is 1.94. The number of rotatable bonds is 2. The molecule has 1 aliphatic rings. The molecule has 1 fully saturated rings. The molecule has 0 amide bonds. The molecule has 5 heteroatoms. The minimum atomic E-state index is -1.47. The number of hydrogen-bond acceptors (Lipinski definition) is 4. The van der Waals surface area contributed by atoms with Crippen molar-refractivity contribution in [3.8, 4) is 0 Å². The molecule has 1 aromatic heterocycles. The molecule has 14 heavy (non-hydrogen) atoms. The quantitative estimate of drug-likeness (QED) is 0.637. The monoisotopic (exact) mass is 192 g/mol. The van der Waals surface area contributed by atoms with Crippen LogP contribution in [-0.2, 0) is 0 Å². The zero-order valence-corrected chi connectivity index (χ0v) is 7.93. The first-order chi connectivity index (χ1) is 6.77. The summed E-state index contributed by atoms with van der Waals surface area (Å²) < 4.78 is 0. The maximum absolute atomic E-state index is 8.86. The van der Waals surface area contributed by atoms with E-state index in [4.69, 9.17) is 10.0 Å². The van der Waals surface area contributed by atoms with Crippen molar-refractivity contribution in [1.29, 1.82) is 0 Å². The summed E-state index contributed by atoms with van der Waals surface area (Å²) >= 11 is 0. The molecule has 1 aliphatic carbocycles. The second-order valence-electron chi connectivity index (χ2n) is 3.73. The first-order valence-electron chi connectivity index (χ1n) is 4.95. The summed E-state index contributed by atoms with van der Waals surface area (Å²) in [6, 6.07) is 0. The molecule has 2 N–H and O–H groups in total. The van der Waals surface area contributed by atoms with Gasteiger partial charge in [-0.05, 0) is 12.8 Å². The van der Waals surface area contributed by atoms with E-state index in [-0.39, 0.29) is 0 Å². The number of aromatic nitrogens is 2. The smallest absolute Gasteiger partial charge is 0.423 e. The minimum Gasteiger partial charge on any atom is -0.423 e. The van der Waals surface area contributed by atoms with Crippen LogP contribution < -0.4 is 5.46 Å². The van der Waals surface area contributed by atoms with Crippen molar-refractivity contribution in [3.63, 3.8) is 0 Å². The fourth-order valence-electron chi connectivity index (χ4n) is 1.88. The van der Waals surface area contributed by atoms with E-state index in [1.54, 1.807) is 0 Å². The predicted octanol–water partition coefficient (Wildman–Crippen LogP) is -0.186. The van der Waals surface area contributed by atoms with Gasteiger partial charge in [0.25, 0.3) is 0 Å². The zero-order chi connectivity index (χ0) is 9.97. The van der Waals surface area contributed by atoms with Gasteiger partial charge in [0.1, 0.15) is 5.82 Å². The van der Waals surface area contributed by atoms with Crippen molar-refractivity contribution < 1.29 is 10.0 Å². The van der Waals surface area contributed by atoms with E-state index in [1.807, 2.05) is 0 Å². The number of nitrogens with zero attached hydrogens (tertiary/aromatic N) is 2. The van der Waals surface area contributed by atoms with Gasteiger partial charge in [-0.3, -0.25) is 0 Å². The Labute approximate surface area is 83.2 Å². The Morgan fingerprint density at radius 2 is 1.71 bits per heavy atom. The fourth-order valence-corrected chi connectivity index (χ4v) is 1.88. The van der Waals surface area contributed by atoms with Gasteiger partial charge in [-0.2, -0.15) is 0 Å². The van der Waals surface area contributed by atoms with Crippen LogP contribution in [-0.4, -0.2) is 27.1 Å². The van der Waals surface area contributed by atoms with E-state index < -0.39 is 7.12 Å². The Morgan fingerprint density at radius 3 is 2.21 bits per heavy atom. The summed E-state index contributed by atoms with van der Waals surface area (Å²) in [5, 5.41) is 17.7. The van der Waals surface area contributed by atoms with Crippen molar-refractivity contribution in [3.05, 3.63) is 18.2 Å². The van der Waals surface area contributed by atoms with Crippen LogP contribution in [0.5, 0.6) is 0 Å². The van der Waals surface area contributed by atoms with Gasteiger partial charge in [-0.25, -0.2) is 9.97 Å². The Balaban J connectivity index is 2.12. The lowest BCUT2D eigenvalue weighted by Gasteiger charge is -2.07. The van der Waals surface area contributed by atoms with Crippen molar-refractivity contribution in [2.24, 2.45) is 0 Å². The summed E-state index contributed by atoms with van der Waals surface area (Å²) in [5.74, 6) is 1.31. The van der Waals surface area contributed by atoms with Crippen molar-refractivity contribution >= 4 is 12.6 Å². The molecule has 0 aliphatic heterocycles. The third-order valence-electron chi connectivity index (χ3n) is 2.71. The first-order valence-corrected chi connectivity index (χ1v) is 4.95. The van der Waals surface area contributed by atoms with E-state index in [9.17, 15) is 0 Å². The molecule has 1 heterocycles. The molecule has 0 unspecified atom stereocenters. The van der Waals surface area contributed by atoms with Crippen LogP contribution in [0.4, 0.5) is 0 Å². The van der Waals surface area contributed by atoms with E-state index in [1.165, 1.54) is 25.2 Å². The summed E-state index contributed by atoms with van der Waals surface area (Å²) in [6.07, 6.45) is 7.79. The second kappa shape index (κ2) is 4.06. The summed E-state index contributed by atoms with van der Waals surface area (Å²) in [7, 11) is -1.47. The van der Waals surface area contributed by atoms with Crippen molar-refractivity contribution in [1.82, 2.24) is 9.97 Å². The Morgan fingerprint density at radius 1 is 1.14 bits per heavy atom. The van der Waals surface area contributed by atoms with Gasteiger partial charge in [0.15, 0.2) is 0 Å².